The molecule has 2 aromatic heterocycles. The quantitative estimate of drug-likeness (QED) is 0.703. The van der Waals surface area contributed by atoms with Crippen LogP contribution in [0.15, 0.2) is 21.9 Å². The summed E-state index contributed by atoms with van der Waals surface area (Å²) in [5.41, 5.74) is -1.21. The lowest BCUT2D eigenvalue weighted by molar-refractivity contribution is -0.124. The Morgan fingerprint density at radius 2 is 1.96 bits per heavy atom. The summed E-state index contributed by atoms with van der Waals surface area (Å²) in [6.07, 6.45) is 1.97. The minimum atomic E-state index is -0.764. The number of aryl methyl sites for hydroxylation is 1. The van der Waals surface area contributed by atoms with E-state index < -0.39 is 28.7 Å². The smallest absolute Gasteiger partial charge is 0.329 e. The maximum Gasteiger partial charge on any atom is 0.329 e. The summed E-state index contributed by atoms with van der Waals surface area (Å²) in [6.45, 7) is 9.39. The van der Waals surface area contributed by atoms with E-state index in [0.29, 0.717) is 13.0 Å². The zero-order chi connectivity index (χ0) is 20.4. The molecule has 1 atom stereocenters. The van der Waals surface area contributed by atoms with E-state index in [1.807, 2.05) is 27.7 Å². The number of aromatic amines is 1. The molecule has 146 valence electrons. The molecule has 2 rings (SSSR count). The molecule has 27 heavy (non-hydrogen) atoms. The number of rotatable bonds is 5. The number of fused-ring (bicyclic) bond motifs is 1. The number of hydrogen-bond donors (Lipinski definition) is 3. The molecular weight excluding hydrogens is 350 g/mol. The summed E-state index contributed by atoms with van der Waals surface area (Å²) in [5, 5.41) is 5.50. The normalized spacial score (nSPS) is 12.6. The van der Waals surface area contributed by atoms with Gasteiger partial charge in [-0.05, 0) is 40.2 Å². The first-order valence-electron chi connectivity index (χ1n) is 8.79. The Hall–Kier alpha value is -2.97. The van der Waals surface area contributed by atoms with Crippen molar-refractivity contribution in [3.8, 4) is 0 Å². The molecule has 2 amide bonds. The number of nitrogens with one attached hydrogen (secondary N) is 3. The van der Waals surface area contributed by atoms with Gasteiger partial charge in [-0.25, -0.2) is 9.78 Å². The highest BCUT2D eigenvalue weighted by Crippen LogP contribution is 2.09. The summed E-state index contributed by atoms with van der Waals surface area (Å²) in [5.74, 6) is -0.854. The molecule has 0 spiro atoms. The summed E-state index contributed by atoms with van der Waals surface area (Å²) in [6, 6.07) is 0.607. The first-order chi connectivity index (χ1) is 12.5. The second-order valence-electron chi connectivity index (χ2n) is 7.44. The molecule has 1 unspecified atom stereocenters. The number of carbonyl (C=O) groups is 2. The number of aromatic nitrogens is 3. The molecule has 9 nitrogen and oxygen atoms in total. The van der Waals surface area contributed by atoms with Crippen molar-refractivity contribution in [1.82, 2.24) is 25.2 Å². The van der Waals surface area contributed by atoms with E-state index >= 15 is 0 Å². The highest BCUT2D eigenvalue weighted by molar-refractivity contribution is 5.99. The molecule has 0 fully saturated rings. The summed E-state index contributed by atoms with van der Waals surface area (Å²) < 4.78 is 1.36. The average molecular weight is 375 g/mol. The van der Waals surface area contributed by atoms with Crippen molar-refractivity contribution in [3.05, 3.63) is 38.7 Å². The van der Waals surface area contributed by atoms with Crippen molar-refractivity contribution in [2.24, 2.45) is 0 Å². The Balaban J connectivity index is 2.31. The van der Waals surface area contributed by atoms with Gasteiger partial charge in [0.05, 0.1) is 10.9 Å². The summed E-state index contributed by atoms with van der Waals surface area (Å²) in [4.78, 5) is 55.0. The van der Waals surface area contributed by atoms with Gasteiger partial charge in [0, 0.05) is 18.3 Å². The molecule has 0 aliphatic rings. The molecule has 0 saturated heterocycles. The van der Waals surface area contributed by atoms with Crippen LogP contribution in [-0.2, 0) is 11.3 Å². The van der Waals surface area contributed by atoms with Crippen LogP contribution in [0.4, 0.5) is 0 Å². The van der Waals surface area contributed by atoms with Crippen LogP contribution in [0, 0.1) is 0 Å². The third-order valence-electron chi connectivity index (χ3n) is 3.78. The van der Waals surface area contributed by atoms with Gasteiger partial charge in [-0.15, -0.1) is 0 Å². The van der Waals surface area contributed by atoms with Gasteiger partial charge in [0.25, 0.3) is 11.5 Å². The molecule has 0 aliphatic carbocycles. The minimum absolute atomic E-state index is 0.130. The molecule has 2 aromatic rings. The van der Waals surface area contributed by atoms with Crippen molar-refractivity contribution in [1.29, 1.82) is 0 Å². The van der Waals surface area contributed by atoms with Crippen LogP contribution >= 0.6 is 0 Å². The lowest BCUT2D eigenvalue weighted by atomic mass is 10.1. The zero-order valence-corrected chi connectivity index (χ0v) is 16.2. The predicted molar refractivity (Wildman–Crippen MR) is 102 cm³/mol. The van der Waals surface area contributed by atoms with Crippen molar-refractivity contribution in [3.63, 3.8) is 0 Å². The van der Waals surface area contributed by atoms with Crippen LogP contribution in [0.2, 0.25) is 0 Å². The molecule has 0 aliphatic heterocycles. The lowest BCUT2D eigenvalue weighted by Crippen LogP contribution is -2.50. The van der Waals surface area contributed by atoms with Crippen molar-refractivity contribution < 1.29 is 9.59 Å². The van der Waals surface area contributed by atoms with Crippen LogP contribution < -0.4 is 21.9 Å². The Kier molecular flexibility index (Phi) is 5.82. The fourth-order valence-electron chi connectivity index (χ4n) is 2.55. The largest absolute Gasteiger partial charge is 0.350 e. The van der Waals surface area contributed by atoms with Crippen molar-refractivity contribution in [2.45, 2.75) is 59.2 Å². The van der Waals surface area contributed by atoms with Crippen molar-refractivity contribution >= 4 is 22.8 Å². The van der Waals surface area contributed by atoms with Crippen LogP contribution in [-0.4, -0.2) is 37.9 Å². The van der Waals surface area contributed by atoms with E-state index in [4.69, 9.17) is 0 Å². The average Bonchev–Trinajstić information content (AvgIpc) is 2.56. The zero-order valence-electron chi connectivity index (χ0n) is 16.2. The third-order valence-corrected chi connectivity index (χ3v) is 3.78. The van der Waals surface area contributed by atoms with Gasteiger partial charge in [-0.1, -0.05) is 6.92 Å². The Labute approximate surface area is 156 Å². The third kappa shape index (κ3) is 4.81. The van der Waals surface area contributed by atoms with E-state index in [1.165, 1.54) is 16.8 Å². The van der Waals surface area contributed by atoms with Gasteiger partial charge in [-0.2, -0.15) is 0 Å². The Bertz CT molecular complexity index is 984. The van der Waals surface area contributed by atoms with E-state index in [9.17, 15) is 19.2 Å². The van der Waals surface area contributed by atoms with Gasteiger partial charge >= 0.3 is 5.69 Å². The van der Waals surface area contributed by atoms with Gasteiger partial charge in [0.2, 0.25) is 5.91 Å². The maximum absolute atomic E-state index is 12.4. The number of nitrogens with zero attached hydrogens (tertiary/aromatic N) is 2. The monoisotopic (exact) mass is 375 g/mol. The number of hydrogen-bond acceptors (Lipinski definition) is 5. The second kappa shape index (κ2) is 7.73. The fraction of sp³-hybridized carbons (Fsp3) is 0.500. The predicted octanol–water partition coefficient (Wildman–Crippen LogP) is 0.528. The van der Waals surface area contributed by atoms with Gasteiger partial charge in [-0.3, -0.25) is 23.9 Å². The number of pyridine rings is 1. The van der Waals surface area contributed by atoms with Crippen LogP contribution in [0.3, 0.4) is 0 Å². The van der Waals surface area contributed by atoms with Crippen molar-refractivity contribution in [2.75, 3.05) is 0 Å². The molecule has 2 heterocycles. The van der Waals surface area contributed by atoms with Gasteiger partial charge < -0.3 is 10.6 Å². The van der Waals surface area contributed by atoms with E-state index in [1.54, 1.807) is 6.92 Å². The van der Waals surface area contributed by atoms with E-state index in [-0.39, 0.29) is 22.5 Å². The summed E-state index contributed by atoms with van der Waals surface area (Å²) >= 11 is 0. The summed E-state index contributed by atoms with van der Waals surface area (Å²) in [7, 11) is 0. The van der Waals surface area contributed by atoms with E-state index in [0.717, 1.165) is 0 Å². The molecular formula is C18H25N5O4. The molecule has 0 aromatic carbocycles. The number of H-pyrrole nitrogens is 1. The second-order valence-corrected chi connectivity index (χ2v) is 7.44. The highest BCUT2D eigenvalue weighted by Gasteiger charge is 2.22. The van der Waals surface area contributed by atoms with Gasteiger partial charge in [0.1, 0.15) is 11.7 Å². The standard InChI is InChI=1S/C18H25N5O4/c1-6-7-23-13-12(16(26)21-17(23)27)8-11(9-19-13)15(25)20-10(2)14(24)22-18(3,4)5/h8-10H,6-7H2,1-5H3,(H,20,25)(H,22,24)(H,21,26,27). The van der Waals surface area contributed by atoms with E-state index in [2.05, 4.69) is 20.6 Å². The lowest BCUT2D eigenvalue weighted by Gasteiger charge is -2.23. The SMILES string of the molecule is CCCn1c(=O)[nH]c(=O)c2cc(C(=O)NC(C)C(=O)NC(C)(C)C)cnc21. The number of carbonyl (C=O) groups excluding carboxylic acids is 2. The minimum Gasteiger partial charge on any atom is -0.350 e. The molecule has 0 saturated carbocycles. The van der Waals surface area contributed by atoms with Crippen LogP contribution in [0.5, 0.6) is 0 Å². The van der Waals surface area contributed by atoms with Gasteiger partial charge in [0.15, 0.2) is 0 Å². The first kappa shape index (κ1) is 20.3. The van der Waals surface area contributed by atoms with Crippen LogP contribution in [0.1, 0.15) is 51.4 Å². The molecule has 9 heteroatoms. The molecule has 3 N–H and O–H groups in total. The topological polar surface area (TPSA) is 126 Å². The molecule has 0 radical (unpaired) electrons. The first-order valence-corrected chi connectivity index (χ1v) is 8.79. The fourth-order valence-corrected chi connectivity index (χ4v) is 2.55. The molecule has 0 bridgehead atoms. The van der Waals surface area contributed by atoms with Crippen LogP contribution in [0.25, 0.3) is 11.0 Å². The Morgan fingerprint density at radius 3 is 2.56 bits per heavy atom. The Morgan fingerprint density at radius 1 is 1.30 bits per heavy atom. The maximum atomic E-state index is 12.4. The highest BCUT2D eigenvalue weighted by atomic mass is 16.2. The number of amides is 2.